The smallest absolute Gasteiger partial charge is 0.229 e. The van der Waals surface area contributed by atoms with Crippen molar-refractivity contribution in [3.05, 3.63) is 11.8 Å². The number of hydrogen-bond donors (Lipinski definition) is 0. The molecule has 0 fully saturated rings. The van der Waals surface area contributed by atoms with E-state index in [9.17, 15) is 0 Å². The maximum atomic E-state index is 6.08. The Hall–Kier alpha value is -0.243. The summed E-state index contributed by atoms with van der Waals surface area (Å²) in [5, 5.41) is 0. The molecule has 0 aliphatic heterocycles. The van der Waals surface area contributed by atoms with Crippen LogP contribution in [0.2, 0.25) is 13.1 Å². The molecule has 0 spiro atoms. The van der Waals surface area contributed by atoms with E-state index in [1.165, 1.54) is 57.1 Å². The number of hydrogen-bond acceptors (Lipinski definition) is 1. The first-order valence-corrected chi connectivity index (χ1v) is 11.0. The maximum Gasteiger partial charge on any atom is 0.229 e. The lowest BCUT2D eigenvalue weighted by molar-refractivity contribution is 0.207. The second-order valence-corrected chi connectivity index (χ2v) is 9.76. The van der Waals surface area contributed by atoms with Gasteiger partial charge in [-0.2, -0.15) is 0 Å². The molecule has 0 N–H and O–H groups in total. The lowest BCUT2D eigenvalue weighted by Gasteiger charge is -2.30. The van der Waals surface area contributed by atoms with Gasteiger partial charge in [0.1, 0.15) is 0 Å². The third kappa shape index (κ3) is 7.19. The summed E-state index contributed by atoms with van der Waals surface area (Å²) in [6, 6.07) is 0. The minimum Gasteiger partial charge on any atom is -0.550 e. The largest absolute Gasteiger partial charge is 0.550 e. The van der Waals surface area contributed by atoms with Crippen molar-refractivity contribution >= 4 is 9.04 Å². The summed E-state index contributed by atoms with van der Waals surface area (Å²) in [5.74, 6) is 2.16. The van der Waals surface area contributed by atoms with E-state index in [0.717, 1.165) is 5.92 Å². The van der Waals surface area contributed by atoms with E-state index < -0.39 is 9.04 Å². The topological polar surface area (TPSA) is 9.23 Å². The van der Waals surface area contributed by atoms with Crippen LogP contribution in [0.4, 0.5) is 0 Å². The first kappa shape index (κ1) is 16.8. The van der Waals surface area contributed by atoms with Crippen LogP contribution in [-0.4, -0.2) is 9.04 Å². The monoisotopic (exact) mass is 282 g/mol. The Morgan fingerprint density at radius 2 is 1.74 bits per heavy atom. The van der Waals surface area contributed by atoms with E-state index in [1.807, 2.05) is 0 Å². The van der Waals surface area contributed by atoms with Crippen LogP contribution >= 0.6 is 0 Å². The molecular weight excluding hydrogens is 248 g/mol. The molecule has 0 saturated heterocycles. The first-order chi connectivity index (χ1) is 8.89. The van der Waals surface area contributed by atoms with Crippen LogP contribution < -0.4 is 0 Å². The van der Waals surface area contributed by atoms with E-state index in [4.69, 9.17) is 4.43 Å². The highest BCUT2D eigenvalue weighted by molar-refractivity contribution is 6.48. The molecular formula is C17H34OSi. The van der Waals surface area contributed by atoms with Crippen LogP contribution in [0.25, 0.3) is 0 Å². The zero-order valence-electron chi connectivity index (χ0n) is 13.8. The summed E-state index contributed by atoms with van der Waals surface area (Å²) in [4.78, 5) is 0. The van der Waals surface area contributed by atoms with Crippen LogP contribution in [-0.2, 0) is 4.43 Å². The average molecular weight is 283 g/mol. The molecule has 1 unspecified atom stereocenters. The molecule has 1 atom stereocenters. The second kappa shape index (κ2) is 8.14. The van der Waals surface area contributed by atoms with Crippen LogP contribution in [0.3, 0.4) is 0 Å². The Bertz CT molecular complexity index is 275. The quantitative estimate of drug-likeness (QED) is 0.593. The van der Waals surface area contributed by atoms with Gasteiger partial charge >= 0.3 is 0 Å². The molecule has 0 heterocycles. The van der Waals surface area contributed by atoms with Crippen LogP contribution in [0, 0.1) is 11.3 Å². The fourth-order valence-corrected chi connectivity index (χ4v) is 3.83. The Morgan fingerprint density at radius 1 is 1.05 bits per heavy atom. The highest BCUT2D eigenvalue weighted by Crippen LogP contribution is 2.35. The molecule has 0 bridgehead atoms. The second-order valence-electron chi connectivity index (χ2n) is 7.43. The van der Waals surface area contributed by atoms with Crippen molar-refractivity contribution in [2.75, 3.05) is 0 Å². The van der Waals surface area contributed by atoms with E-state index in [2.05, 4.69) is 39.9 Å². The van der Waals surface area contributed by atoms with Crippen molar-refractivity contribution in [1.29, 1.82) is 0 Å². The predicted octanol–water partition coefficient (Wildman–Crippen LogP) is 5.67. The molecule has 0 amide bonds. The molecule has 0 aromatic rings. The fourth-order valence-electron chi connectivity index (χ4n) is 3.01. The van der Waals surface area contributed by atoms with E-state index in [1.54, 1.807) is 0 Å². The van der Waals surface area contributed by atoms with Crippen LogP contribution in [0.1, 0.15) is 72.1 Å². The van der Waals surface area contributed by atoms with Crippen molar-refractivity contribution in [2.45, 2.75) is 85.2 Å². The first-order valence-electron chi connectivity index (χ1n) is 8.25. The molecule has 0 aromatic heterocycles. The van der Waals surface area contributed by atoms with Gasteiger partial charge < -0.3 is 4.43 Å². The Labute approximate surface area is 122 Å². The third-order valence-corrected chi connectivity index (χ3v) is 5.00. The standard InChI is InChI=1S/C17H34OSi/c1-17(2,3)15-11-8-6-7-9-13-16(14-10-12-15)18-19(4)5/h14-15,19H,6-13H2,1-5H3. The normalized spacial score (nSPS) is 23.7. The molecule has 19 heavy (non-hydrogen) atoms. The van der Waals surface area contributed by atoms with Gasteiger partial charge in [0.2, 0.25) is 9.04 Å². The highest BCUT2D eigenvalue weighted by atomic mass is 28.3. The van der Waals surface area contributed by atoms with Gasteiger partial charge in [-0.15, -0.1) is 0 Å². The molecule has 0 saturated carbocycles. The van der Waals surface area contributed by atoms with Gasteiger partial charge in [-0.25, -0.2) is 0 Å². The van der Waals surface area contributed by atoms with Crippen LogP contribution in [0.5, 0.6) is 0 Å². The minimum atomic E-state index is -0.933. The van der Waals surface area contributed by atoms with Gasteiger partial charge in [-0.3, -0.25) is 0 Å². The van der Waals surface area contributed by atoms with Crippen molar-refractivity contribution in [2.24, 2.45) is 11.3 Å². The Morgan fingerprint density at radius 3 is 2.37 bits per heavy atom. The summed E-state index contributed by atoms with van der Waals surface area (Å²) in [5.41, 5.74) is 0.454. The van der Waals surface area contributed by atoms with Crippen molar-refractivity contribution in [1.82, 2.24) is 0 Å². The molecule has 1 aliphatic carbocycles. The molecule has 1 nitrogen and oxygen atoms in total. The fraction of sp³-hybridized carbons (Fsp3) is 0.882. The molecule has 2 heteroatoms. The SMILES string of the molecule is C[SiH](C)OC1=CCCC(C(C)(C)C)CCCCCC1. The van der Waals surface area contributed by atoms with Crippen molar-refractivity contribution in [3.8, 4) is 0 Å². The van der Waals surface area contributed by atoms with Gasteiger partial charge in [0.25, 0.3) is 0 Å². The summed E-state index contributed by atoms with van der Waals surface area (Å²) < 4.78 is 6.08. The molecule has 112 valence electrons. The Kier molecular flexibility index (Phi) is 7.20. The summed E-state index contributed by atoms with van der Waals surface area (Å²) in [7, 11) is -0.933. The molecule has 0 aromatic carbocycles. The van der Waals surface area contributed by atoms with Crippen LogP contribution in [0.15, 0.2) is 11.8 Å². The highest BCUT2D eigenvalue weighted by Gasteiger charge is 2.23. The number of rotatable bonds is 2. The van der Waals surface area contributed by atoms with Gasteiger partial charge in [-0.05, 0) is 56.2 Å². The van der Waals surface area contributed by atoms with E-state index in [-0.39, 0.29) is 0 Å². The lowest BCUT2D eigenvalue weighted by Crippen LogP contribution is -2.20. The van der Waals surface area contributed by atoms with Crippen molar-refractivity contribution in [3.63, 3.8) is 0 Å². The third-order valence-electron chi connectivity index (χ3n) is 4.22. The van der Waals surface area contributed by atoms with Gasteiger partial charge in [0.15, 0.2) is 0 Å². The zero-order valence-corrected chi connectivity index (χ0v) is 15.0. The van der Waals surface area contributed by atoms with Gasteiger partial charge in [0, 0.05) is 6.42 Å². The Balaban J connectivity index is 2.62. The lowest BCUT2D eigenvalue weighted by atomic mass is 9.75. The summed E-state index contributed by atoms with van der Waals surface area (Å²) in [6.45, 7) is 11.7. The molecule has 1 rings (SSSR count). The average Bonchev–Trinajstić information content (AvgIpc) is 2.32. The summed E-state index contributed by atoms with van der Waals surface area (Å²) >= 11 is 0. The maximum absolute atomic E-state index is 6.08. The van der Waals surface area contributed by atoms with Gasteiger partial charge in [-0.1, -0.05) is 40.0 Å². The predicted molar refractivity (Wildman–Crippen MR) is 87.9 cm³/mol. The molecule has 0 radical (unpaired) electrons. The summed E-state index contributed by atoms with van der Waals surface area (Å²) in [6.07, 6.45) is 13.0. The van der Waals surface area contributed by atoms with Gasteiger partial charge in [0.05, 0.1) is 5.76 Å². The molecule has 1 aliphatic rings. The number of allylic oxidation sites excluding steroid dienone is 2. The zero-order chi connectivity index (χ0) is 14.3. The van der Waals surface area contributed by atoms with E-state index >= 15 is 0 Å². The van der Waals surface area contributed by atoms with Crippen molar-refractivity contribution < 1.29 is 4.43 Å². The van der Waals surface area contributed by atoms with E-state index in [0.29, 0.717) is 5.41 Å². The minimum absolute atomic E-state index is 0.454.